The van der Waals surface area contributed by atoms with Crippen LogP contribution in [0, 0.1) is 0 Å². The highest BCUT2D eigenvalue weighted by atomic mass is 32.2. The van der Waals surface area contributed by atoms with Crippen molar-refractivity contribution in [2.45, 2.75) is 6.42 Å². The summed E-state index contributed by atoms with van der Waals surface area (Å²) in [5, 5.41) is 1.26. The van der Waals surface area contributed by atoms with Gasteiger partial charge in [-0.3, -0.25) is 9.35 Å². The lowest BCUT2D eigenvalue weighted by Crippen LogP contribution is -2.08. The minimum Gasteiger partial charge on any atom is -0.494 e. The summed E-state index contributed by atoms with van der Waals surface area (Å²) in [5.41, 5.74) is -0.0438. The number of rotatable bonds is 5. The average molecular weight is 350 g/mol. The van der Waals surface area contributed by atoms with E-state index in [0.717, 1.165) is 9.40 Å². The highest BCUT2D eigenvalue weighted by Gasteiger charge is 2.08. The predicted octanol–water partition coefficient (Wildman–Crippen LogP) is 3.07. The summed E-state index contributed by atoms with van der Waals surface area (Å²) in [4.78, 5) is 12.5. The molecule has 0 fully saturated rings. The summed E-state index contributed by atoms with van der Waals surface area (Å²) in [7, 11) is -3.97. The van der Waals surface area contributed by atoms with E-state index in [-0.39, 0.29) is 24.2 Å². The molecule has 0 aliphatic heterocycles. The van der Waals surface area contributed by atoms with Crippen molar-refractivity contribution < 1.29 is 17.7 Å². The van der Waals surface area contributed by atoms with Gasteiger partial charge in [-0.2, -0.15) is 8.42 Å². The molecule has 0 amide bonds. The van der Waals surface area contributed by atoms with Crippen LogP contribution in [0.5, 0.6) is 5.75 Å². The first kappa shape index (κ1) is 15.9. The van der Waals surface area contributed by atoms with Crippen LogP contribution >= 0.6 is 11.3 Å². The smallest absolute Gasteiger partial charge is 0.264 e. The lowest BCUT2D eigenvalue weighted by molar-refractivity contribution is 0.316. The molecule has 5 nitrogen and oxygen atoms in total. The van der Waals surface area contributed by atoms with Gasteiger partial charge < -0.3 is 4.74 Å². The van der Waals surface area contributed by atoms with E-state index < -0.39 is 10.1 Å². The molecule has 0 saturated carbocycles. The van der Waals surface area contributed by atoms with Crippen molar-refractivity contribution in [2.24, 2.45) is 0 Å². The van der Waals surface area contributed by atoms with Gasteiger partial charge in [-0.25, -0.2) is 0 Å². The van der Waals surface area contributed by atoms with Crippen molar-refractivity contribution in [3.63, 3.8) is 0 Å². The Morgan fingerprint density at radius 2 is 1.78 bits per heavy atom. The third kappa shape index (κ3) is 3.69. The Hall–Kier alpha value is -1.96. The van der Waals surface area contributed by atoms with E-state index in [9.17, 15) is 13.2 Å². The molecule has 0 atom stereocenters. The molecule has 0 bridgehead atoms. The largest absolute Gasteiger partial charge is 0.494 e. The molecule has 2 aromatic carbocycles. The Balaban J connectivity index is 1.88. The standard InChI is InChI=1S/C16H14O5S2/c17-16-12-4-1-2-5-14(12)22-15-7-6-11(10-13(15)16)21-8-3-9-23(18,19)20/h1-2,4-7,10H,3,8-9H2,(H,18,19,20). The van der Waals surface area contributed by atoms with Gasteiger partial charge in [0.1, 0.15) is 5.75 Å². The van der Waals surface area contributed by atoms with Crippen LogP contribution in [0.25, 0.3) is 20.2 Å². The Morgan fingerprint density at radius 1 is 1.04 bits per heavy atom. The number of hydrogen-bond acceptors (Lipinski definition) is 5. The van der Waals surface area contributed by atoms with E-state index in [4.69, 9.17) is 9.29 Å². The molecular formula is C16H14O5S2. The molecule has 3 aromatic rings. The maximum Gasteiger partial charge on any atom is 0.264 e. The molecule has 0 saturated heterocycles. The fraction of sp³-hybridized carbons (Fsp3) is 0.188. The van der Waals surface area contributed by atoms with Crippen LogP contribution in [0.2, 0.25) is 0 Å². The van der Waals surface area contributed by atoms with E-state index in [0.29, 0.717) is 16.5 Å². The molecule has 0 spiro atoms. The second-order valence-electron chi connectivity index (χ2n) is 5.07. The van der Waals surface area contributed by atoms with Gasteiger partial charge in [0.15, 0.2) is 5.43 Å². The van der Waals surface area contributed by atoms with Crippen molar-refractivity contribution in [3.05, 3.63) is 52.7 Å². The summed E-state index contributed by atoms with van der Waals surface area (Å²) in [5.74, 6) is 0.160. The molecule has 0 radical (unpaired) electrons. The third-order valence-corrected chi connectivity index (χ3v) is 5.32. The average Bonchev–Trinajstić information content (AvgIpc) is 2.51. The van der Waals surface area contributed by atoms with Gasteiger partial charge in [-0.1, -0.05) is 12.1 Å². The Bertz CT molecular complexity index is 1020. The van der Waals surface area contributed by atoms with Crippen LogP contribution in [0.15, 0.2) is 47.3 Å². The van der Waals surface area contributed by atoms with Gasteiger partial charge in [-0.15, -0.1) is 11.3 Å². The summed E-state index contributed by atoms with van der Waals surface area (Å²) in [6, 6.07) is 12.7. The molecule has 23 heavy (non-hydrogen) atoms. The van der Waals surface area contributed by atoms with Crippen LogP contribution in [0.4, 0.5) is 0 Å². The van der Waals surface area contributed by atoms with Crippen LogP contribution in [-0.2, 0) is 10.1 Å². The zero-order valence-electron chi connectivity index (χ0n) is 12.1. The first-order valence-electron chi connectivity index (χ1n) is 6.98. The van der Waals surface area contributed by atoms with Gasteiger partial charge >= 0.3 is 0 Å². The number of fused-ring (bicyclic) bond motifs is 2. The van der Waals surface area contributed by atoms with E-state index in [2.05, 4.69) is 0 Å². The second-order valence-corrected chi connectivity index (χ2v) is 7.73. The fourth-order valence-electron chi connectivity index (χ4n) is 2.30. The predicted molar refractivity (Wildman–Crippen MR) is 92.1 cm³/mol. The first-order valence-corrected chi connectivity index (χ1v) is 9.40. The van der Waals surface area contributed by atoms with Crippen LogP contribution in [0.1, 0.15) is 6.42 Å². The van der Waals surface area contributed by atoms with Gasteiger partial charge in [0.05, 0.1) is 12.4 Å². The number of ether oxygens (including phenoxy) is 1. The van der Waals surface area contributed by atoms with Gasteiger partial charge in [0.25, 0.3) is 10.1 Å². The van der Waals surface area contributed by atoms with E-state index >= 15 is 0 Å². The van der Waals surface area contributed by atoms with Crippen molar-refractivity contribution >= 4 is 41.6 Å². The topological polar surface area (TPSA) is 80.7 Å². The molecule has 0 aliphatic rings. The first-order chi connectivity index (χ1) is 10.9. The summed E-state index contributed by atoms with van der Waals surface area (Å²) < 4.78 is 37.2. The van der Waals surface area contributed by atoms with Crippen LogP contribution in [0.3, 0.4) is 0 Å². The maximum atomic E-state index is 12.5. The van der Waals surface area contributed by atoms with Crippen LogP contribution < -0.4 is 10.2 Å². The monoisotopic (exact) mass is 350 g/mol. The van der Waals surface area contributed by atoms with Crippen molar-refractivity contribution in [1.29, 1.82) is 0 Å². The lowest BCUT2D eigenvalue weighted by Gasteiger charge is -2.07. The fourth-order valence-corrected chi connectivity index (χ4v) is 3.84. The summed E-state index contributed by atoms with van der Waals surface area (Å²) in [6.45, 7) is 0.149. The summed E-state index contributed by atoms with van der Waals surface area (Å²) in [6.07, 6.45) is 0.182. The van der Waals surface area contributed by atoms with E-state index in [1.165, 1.54) is 11.3 Å². The highest BCUT2D eigenvalue weighted by Crippen LogP contribution is 2.27. The second kappa shape index (κ2) is 6.27. The maximum absolute atomic E-state index is 12.5. The molecule has 1 N–H and O–H groups in total. The zero-order valence-corrected chi connectivity index (χ0v) is 13.7. The van der Waals surface area contributed by atoms with Crippen LogP contribution in [-0.4, -0.2) is 25.3 Å². The SMILES string of the molecule is O=c1c2ccccc2sc2ccc(OCCCS(=O)(=O)O)cc12. The molecule has 7 heteroatoms. The highest BCUT2D eigenvalue weighted by molar-refractivity contribution is 7.85. The summed E-state index contributed by atoms with van der Waals surface area (Å²) >= 11 is 1.54. The van der Waals surface area contributed by atoms with E-state index in [1.54, 1.807) is 18.2 Å². The van der Waals surface area contributed by atoms with Crippen molar-refractivity contribution in [2.75, 3.05) is 12.4 Å². The Kier molecular flexibility index (Phi) is 4.34. The van der Waals surface area contributed by atoms with Gasteiger partial charge in [0, 0.05) is 20.2 Å². The zero-order chi connectivity index (χ0) is 16.4. The Labute approximate surface area is 136 Å². The molecule has 0 unspecified atom stereocenters. The van der Waals surface area contributed by atoms with E-state index in [1.807, 2.05) is 24.3 Å². The Morgan fingerprint density at radius 3 is 2.57 bits per heavy atom. The quantitative estimate of drug-likeness (QED) is 0.434. The van der Waals surface area contributed by atoms with Crippen molar-refractivity contribution in [1.82, 2.24) is 0 Å². The molecule has 0 aliphatic carbocycles. The molecule has 3 rings (SSSR count). The van der Waals surface area contributed by atoms with Gasteiger partial charge in [-0.05, 0) is 36.8 Å². The lowest BCUT2D eigenvalue weighted by atomic mass is 10.2. The normalized spacial score (nSPS) is 11.9. The number of benzene rings is 2. The third-order valence-electron chi connectivity index (χ3n) is 3.36. The molecule has 1 aromatic heterocycles. The molecular weight excluding hydrogens is 336 g/mol. The van der Waals surface area contributed by atoms with Gasteiger partial charge in [0.2, 0.25) is 0 Å². The van der Waals surface area contributed by atoms with Crippen molar-refractivity contribution in [3.8, 4) is 5.75 Å². The minimum absolute atomic E-state index is 0.0438. The molecule has 1 heterocycles. The molecule has 120 valence electrons. The number of hydrogen-bond donors (Lipinski definition) is 1. The minimum atomic E-state index is -3.97.